The predicted molar refractivity (Wildman–Crippen MR) is 119 cm³/mol. The number of nitrogens with zero attached hydrogens (tertiary/aromatic N) is 3. The van der Waals surface area contributed by atoms with Crippen LogP contribution in [0, 0.1) is 13.8 Å². The summed E-state index contributed by atoms with van der Waals surface area (Å²) in [5, 5.41) is 12.9. The maximum absolute atomic E-state index is 12.3. The van der Waals surface area contributed by atoms with E-state index in [0.717, 1.165) is 27.7 Å². The van der Waals surface area contributed by atoms with Crippen molar-refractivity contribution in [3.8, 4) is 0 Å². The predicted octanol–water partition coefficient (Wildman–Crippen LogP) is 4.98. The molecular formula is C22H23N5OS. The zero-order chi connectivity index (χ0) is 20.5. The van der Waals surface area contributed by atoms with Crippen molar-refractivity contribution in [2.24, 2.45) is 0 Å². The second-order valence-corrected chi connectivity index (χ2v) is 8.48. The molecule has 2 aromatic heterocycles. The maximum atomic E-state index is 12.3. The summed E-state index contributed by atoms with van der Waals surface area (Å²) in [6.07, 6.45) is 0. The van der Waals surface area contributed by atoms with Crippen LogP contribution >= 0.6 is 11.8 Å². The first kappa shape index (κ1) is 19.4. The van der Waals surface area contributed by atoms with Gasteiger partial charge >= 0.3 is 0 Å². The van der Waals surface area contributed by atoms with Crippen molar-refractivity contribution >= 4 is 45.4 Å². The lowest BCUT2D eigenvalue weighted by Gasteiger charge is -2.08. The minimum absolute atomic E-state index is 0.0956. The molecule has 0 saturated heterocycles. The van der Waals surface area contributed by atoms with Gasteiger partial charge in [0.2, 0.25) is 11.1 Å². The molecule has 0 aliphatic rings. The third kappa shape index (κ3) is 4.10. The molecule has 2 heterocycles. The average molecular weight is 406 g/mol. The van der Waals surface area contributed by atoms with E-state index in [-0.39, 0.29) is 11.7 Å². The van der Waals surface area contributed by atoms with Gasteiger partial charge in [-0.1, -0.05) is 43.8 Å². The smallest absolute Gasteiger partial charge is 0.234 e. The third-order valence-electron chi connectivity index (χ3n) is 4.83. The Hall–Kier alpha value is -2.93. The van der Waals surface area contributed by atoms with E-state index in [0.29, 0.717) is 16.7 Å². The molecule has 0 radical (unpaired) electrons. The Kier molecular flexibility index (Phi) is 5.24. The number of aromatic nitrogens is 4. The number of anilines is 1. The van der Waals surface area contributed by atoms with Gasteiger partial charge in [-0.05, 0) is 54.7 Å². The molecule has 0 spiro atoms. The van der Waals surface area contributed by atoms with E-state index in [4.69, 9.17) is 0 Å². The van der Waals surface area contributed by atoms with Crippen LogP contribution in [0.4, 0.5) is 5.69 Å². The Balaban J connectivity index is 1.47. The van der Waals surface area contributed by atoms with Crippen LogP contribution in [-0.4, -0.2) is 31.8 Å². The average Bonchev–Trinajstić information content (AvgIpc) is 3.04. The monoisotopic (exact) mass is 405 g/mol. The van der Waals surface area contributed by atoms with Gasteiger partial charge in [-0.2, -0.15) is 0 Å². The molecule has 4 rings (SSSR count). The molecule has 148 valence electrons. The Morgan fingerprint density at radius 1 is 1.14 bits per heavy atom. The van der Waals surface area contributed by atoms with E-state index in [1.807, 2.05) is 24.3 Å². The van der Waals surface area contributed by atoms with Crippen LogP contribution in [0.25, 0.3) is 22.1 Å². The lowest BCUT2D eigenvalue weighted by Crippen LogP contribution is -2.14. The molecule has 0 unspecified atom stereocenters. The highest BCUT2D eigenvalue weighted by molar-refractivity contribution is 7.99. The number of hydrogen-bond donors (Lipinski definition) is 2. The molecule has 7 heteroatoms. The summed E-state index contributed by atoms with van der Waals surface area (Å²) < 4.78 is 0. The first-order valence-corrected chi connectivity index (χ1v) is 10.5. The highest BCUT2D eigenvalue weighted by Gasteiger charge is 2.13. The van der Waals surface area contributed by atoms with Gasteiger partial charge in [-0.25, -0.2) is 4.98 Å². The lowest BCUT2D eigenvalue weighted by atomic mass is 10.0. The number of fused-ring (bicyclic) bond motifs is 3. The number of carbonyl (C=O) groups is 1. The molecule has 0 saturated carbocycles. The van der Waals surface area contributed by atoms with Crippen molar-refractivity contribution in [1.29, 1.82) is 0 Å². The van der Waals surface area contributed by atoms with Crippen LogP contribution in [0.5, 0.6) is 0 Å². The molecule has 0 fully saturated rings. The Bertz CT molecular complexity index is 1200. The van der Waals surface area contributed by atoms with Crippen molar-refractivity contribution in [3.63, 3.8) is 0 Å². The quantitative estimate of drug-likeness (QED) is 0.458. The molecule has 1 amide bonds. The van der Waals surface area contributed by atoms with Gasteiger partial charge in [-0.3, -0.25) is 4.79 Å². The van der Waals surface area contributed by atoms with Gasteiger partial charge in [0.25, 0.3) is 0 Å². The topological polar surface area (TPSA) is 83.6 Å². The number of thioether (sulfide) groups is 1. The van der Waals surface area contributed by atoms with Crippen LogP contribution in [0.1, 0.15) is 36.5 Å². The minimum atomic E-state index is -0.0956. The van der Waals surface area contributed by atoms with Crippen LogP contribution in [-0.2, 0) is 4.79 Å². The summed E-state index contributed by atoms with van der Waals surface area (Å²) in [5.74, 6) is 0.591. The number of rotatable bonds is 5. The second-order valence-electron chi connectivity index (χ2n) is 7.53. The van der Waals surface area contributed by atoms with Crippen molar-refractivity contribution in [2.45, 2.75) is 38.8 Å². The SMILES string of the molecule is Cc1cc(C)c2c(c1)[nH]c1nnc(SCC(=O)Nc3ccc(C(C)C)cc3)nc12. The minimum Gasteiger partial charge on any atom is -0.336 e. The van der Waals surface area contributed by atoms with Crippen molar-refractivity contribution in [2.75, 3.05) is 11.1 Å². The van der Waals surface area contributed by atoms with Gasteiger partial charge in [0.15, 0.2) is 5.65 Å². The zero-order valence-electron chi connectivity index (χ0n) is 16.9. The van der Waals surface area contributed by atoms with E-state index in [2.05, 4.69) is 65.3 Å². The van der Waals surface area contributed by atoms with Crippen molar-refractivity contribution in [1.82, 2.24) is 20.2 Å². The fraction of sp³-hybridized carbons (Fsp3) is 0.273. The van der Waals surface area contributed by atoms with E-state index >= 15 is 0 Å². The highest BCUT2D eigenvalue weighted by atomic mass is 32.2. The summed E-state index contributed by atoms with van der Waals surface area (Å²) >= 11 is 1.28. The molecule has 29 heavy (non-hydrogen) atoms. The van der Waals surface area contributed by atoms with Gasteiger partial charge in [-0.15, -0.1) is 10.2 Å². The molecular weight excluding hydrogens is 382 g/mol. The number of H-pyrrole nitrogens is 1. The van der Waals surface area contributed by atoms with Crippen LogP contribution in [0.15, 0.2) is 41.6 Å². The summed E-state index contributed by atoms with van der Waals surface area (Å²) in [6.45, 7) is 8.42. The fourth-order valence-corrected chi connectivity index (χ4v) is 4.00. The number of amides is 1. The van der Waals surface area contributed by atoms with E-state index < -0.39 is 0 Å². The fourth-order valence-electron chi connectivity index (χ4n) is 3.42. The highest BCUT2D eigenvalue weighted by Crippen LogP contribution is 2.28. The first-order chi connectivity index (χ1) is 13.9. The summed E-state index contributed by atoms with van der Waals surface area (Å²) in [4.78, 5) is 20.2. The van der Waals surface area contributed by atoms with Crippen LogP contribution < -0.4 is 5.32 Å². The number of aromatic amines is 1. The number of benzene rings is 2. The lowest BCUT2D eigenvalue weighted by molar-refractivity contribution is -0.113. The number of aryl methyl sites for hydroxylation is 2. The van der Waals surface area contributed by atoms with Gasteiger partial charge in [0.05, 0.1) is 5.75 Å². The number of carbonyl (C=O) groups excluding carboxylic acids is 1. The standard InChI is InChI=1S/C22H23N5OS/c1-12(2)15-5-7-16(8-6-15)23-18(28)11-29-22-25-20-19-14(4)9-13(3)10-17(19)24-21(20)26-27-22/h5-10,12H,11H2,1-4H3,(H,23,28)(H,24,26). The first-order valence-electron chi connectivity index (χ1n) is 9.56. The van der Waals surface area contributed by atoms with Crippen molar-refractivity contribution in [3.05, 3.63) is 53.1 Å². The van der Waals surface area contributed by atoms with E-state index in [9.17, 15) is 4.79 Å². The summed E-state index contributed by atoms with van der Waals surface area (Å²) in [5.41, 5.74) is 6.82. The Morgan fingerprint density at radius 2 is 1.90 bits per heavy atom. The Morgan fingerprint density at radius 3 is 2.62 bits per heavy atom. The molecule has 2 N–H and O–H groups in total. The molecule has 4 aromatic rings. The van der Waals surface area contributed by atoms with E-state index in [1.54, 1.807) is 0 Å². The third-order valence-corrected chi connectivity index (χ3v) is 5.67. The van der Waals surface area contributed by atoms with Crippen LogP contribution in [0.2, 0.25) is 0 Å². The van der Waals surface area contributed by atoms with Crippen LogP contribution in [0.3, 0.4) is 0 Å². The summed E-state index contributed by atoms with van der Waals surface area (Å²) in [7, 11) is 0. The second kappa shape index (κ2) is 7.83. The molecule has 6 nitrogen and oxygen atoms in total. The van der Waals surface area contributed by atoms with Gasteiger partial charge in [0, 0.05) is 16.6 Å². The Labute approximate surface area is 173 Å². The van der Waals surface area contributed by atoms with Gasteiger partial charge < -0.3 is 10.3 Å². The van der Waals surface area contributed by atoms with E-state index in [1.165, 1.54) is 22.9 Å². The molecule has 2 aromatic carbocycles. The largest absolute Gasteiger partial charge is 0.336 e. The normalized spacial score (nSPS) is 11.5. The molecule has 0 aliphatic carbocycles. The van der Waals surface area contributed by atoms with Gasteiger partial charge in [0.1, 0.15) is 5.52 Å². The molecule has 0 aliphatic heterocycles. The summed E-state index contributed by atoms with van der Waals surface area (Å²) in [6, 6.07) is 12.1. The van der Waals surface area contributed by atoms with Crippen molar-refractivity contribution < 1.29 is 4.79 Å². The molecule has 0 bridgehead atoms. The number of hydrogen-bond acceptors (Lipinski definition) is 5. The molecule has 0 atom stereocenters. The number of nitrogens with one attached hydrogen (secondary N) is 2. The zero-order valence-corrected chi connectivity index (χ0v) is 17.7. The maximum Gasteiger partial charge on any atom is 0.234 e.